The molecule has 0 saturated heterocycles. The summed E-state index contributed by atoms with van der Waals surface area (Å²) in [6, 6.07) is 8.86. The van der Waals surface area contributed by atoms with Gasteiger partial charge in [0.2, 0.25) is 5.76 Å². The minimum absolute atomic E-state index is 0. The number of carbonyl (C=O) groups excluding carboxylic acids is 3. The molecule has 1 heterocycles. The minimum Gasteiger partial charge on any atom is -0.487 e. The molecule has 6 nitrogen and oxygen atoms in total. The quantitative estimate of drug-likeness (QED) is 0.339. The molecule has 2 aromatic rings. The van der Waals surface area contributed by atoms with Crippen LogP contribution in [0.1, 0.15) is 75.9 Å². The molecular weight excluding hydrogens is 497 g/mol. The van der Waals surface area contributed by atoms with Gasteiger partial charge in [0.15, 0.2) is 18.2 Å². The molecule has 0 atom stereocenters. The first-order valence-electron chi connectivity index (χ1n) is 10.6. The first-order chi connectivity index (χ1) is 14.7. The molecule has 0 spiro atoms. The van der Waals surface area contributed by atoms with E-state index in [2.05, 4.69) is 0 Å². The summed E-state index contributed by atoms with van der Waals surface area (Å²) < 4.78 is 16.5. The molecule has 0 fully saturated rings. The van der Waals surface area contributed by atoms with Gasteiger partial charge in [-0.2, -0.15) is 0 Å². The summed E-state index contributed by atoms with van der Waals surface area (Å²) in [6.45, 7) is 14.4. The standard InChI is InChI=1S/C26H33O6.Y/c1-16-13-18(9-10-19(16)30-14-22(27)25(3,4)5)17(2)20-11-12-21(32-20)24(29)31-15-23(28)26(6,7)8;/h9-13H,14-15H2,1-8H3;/q-1;. The molecule has 1 radical (unpaired) electrons. The van der Waals surface area contributed by atoms with Crippen LogP contribution in [0, 0.1) is 23.7 Å². The average Bonchev–Trinajstić information content (AvgIpc) is 3.18. The normalized spacial score (nSPS) is 11.4. The van der Waals surface area contributed by atoms with E-state index in [1.807, 2.05) is 52.8 Å². The molecule has 0 unspecified atom stereocenters. The van der Waals surface area contributed by atoms with Gasteiger partial charge in [0, 0.05) is 43.5 Å². The molecule has 1 aromatic carbocycles. The van der Waals surface area contributed by atoms with E-state index in [1.54, 1.807) is 26.8 Å². The van der Waals surface area contributed by atoms with E-state index in [1.165, 1.54) is 6.07 Å². The van der Waals surface area contributed by atoms with Crippen molar-refractivity contribution in [3.63, 3.8) is 0 Å². The molecule has 0 saturated carbocycles. The predicted octanol–water partition coefficient (Wildman–Crippen LogP) is 5.34. The van der Waals surface area contributed by atoms with Crippen molar-refractivity contribution in [1.29, 1.82) is 0 Å². The Labute approximate surface area is 221 Å². The maximum Gasteiger partial charge on any atom is 0.373 e. The second kappa shape index (κ2) is 11.5. The molecule has 1 aromatic heterocycles. The first kappa shape index (κ1) is 29.1. The number of ether oxygens (including phenoxy) is 2. The topological polar surface area (TPSA) is 82.8 Å². The zero-order valence-electron chi connectivity index (χ0n) is 20.8. The number of rotatable bonds is 8. The SMILES string of the molecule is Cc1cc([C-](C)c2ccc(C(=O)OCC(=O)C(C)(C)C)o2)ccc1OCC(=O)C(C)(C)C.[Y]. The van der Waals surface area contributed by atoms with Crippen molar-refractivity contribution in [2.75, 3.05) is 13.2 Å². The van der Waals surface area contributed by atoms with E-state index in [0.29, 0.717) is 11.5 Å². The van der Waals surface area contributed by atoms with E-state index in [9.17, 15) is 14.4 Å². The minimum atomic E-state index is -0.676. The summed E-state index contributed by atoms with van der Waals surface area (Å²) in [5.74, 6) is 1.23. The predicted molar refractivity (Wildman–Crippen MR) is 122 cm³/mol. The average molecular weight is 530 g/mol. The third-order valence-corrected chi connectivity index (χ3v) is 5.15. The van der Waals surface area contributed by atoms with Crippen molar-refractivity contribution >= 4 is 17.5 Å². The Morgan fingerprint density at radius 2 is 1.48 bits per heavy atom. The second-order valence-corrected chi connectivity index (χ2v) is 9.98. The number of furan rings is 1. The van der Waals surface area contributed by atoms with Crippen LogP contribution in [-0.4, -0.2) is 30.7 Å². The Morgan fingerprint density at radius 1 is 0.909 bits per heavy atom. The monoisotopic (exact) mass is 530 g/mol. The molecule has 0 N–H and O–H groups in total. The summed E-state index contributed by atoms with van der Waals surface area (Å²) in [7, 11) is 0. The Kier molecular flexibility index (Phi) is 10.1. The largest absolute Gasteiger partial charge is 0.487 e. The molecule has 0 aliphatic heterocycles. The van der Waals surface area contributed by atoms with Gasteiger partial charge in [-0.05, 0) is 13.0 Å². The van der Waals surface area contributed by atoms with Crippen molar-refractivity contribution < 1.29 is 61.0 Å². The van der Waals surface area contributed by atoms with Gasteiger partial charge in [0.25, 0.3) is 0 Å². The van der Waals surface area contributed by atoms with Crippen LogP contribution in [0.25, 0.3) is 0 Å². The summed E-state index contributed by atoms with van der Waals surface area (Å²) in [5, 5.41) is 0. The summed E-state index contributed by atoms with van der Waals surface area (Å²) in [4.78, 5) is 36.3. The molecule has 0 aliphatic rings. The molecule has 7 heteroatoms. The molecule has 0 amide bonds. The summed E-state index contributed by atoms with van der Waals surface area (Å²) >= 11 is 0. The van der Waals surface area contributed by atoms with Crippen LogP contribution in [0.2, 0.25) is 0 Å². The van der Waals surface area contributed by atoms with Gasteiger partial charge >= 0.3 is 5.97 Å². The van der Waals surface area contributed by atoms with Crippen LogP contribution < -0.4 is 4.74 Å². The van der Waals surface area contributed by atoms with Crippen molar-refractivity contribution in [3.05, 3.63) is 58.9 Å². The zero-order valence-corrected chi connectivity index (χ0v) is 23.7. The van der Waals surface area contributed by atoms with Crippen LogP contribution >= 0.6 is 0 Å². The Hall–Kier alpha value is -1.92. The van der Waals surface area contributed by atoms with Gasteiger partial charge in [0.05, 0.1) is 5.76 Å². The van der Waals surface area contributed by atoms with E-state index in [4.69, 9.17) is 13.9 Å². The number of ketones is 2. The molecule has 33 heavy (non-hydrogen) atoms. The Balaban J connectivity index is 0.00000544. The Bertz CT molecular complexity index is 991. The molecule has 0 aliphatic carbocycles. The van der Waals surface area contributed by atoms with E-state index in [-0.39, 0.29) is 63.2 Å². The van der Waals surface area contributed by atoms with Gasteiger partial charge < -0.3 is 13.9 Å². The fraction of sp³-hybridized carbons (Fsp3) is 0.462. The van der Waals surface area contributed by atoms with Crippen LogP contribution in [0.3, 0.4) is 0 Å². The number of esters is 1. The van der Waals surface area contributed by atoms with Crippen molar-refractivity contribution in [2.24, 2.45) is 10.8 Å². The number of hydrogen-bond acceptors (Lipinski definition) is 6. The molecule has 2 rings (SSSR count). The van der Waals surface area contributed by atoms with Crippen LogP contribution in [-0.2, 0) is 47.0 Å². The third-order valence-electron chi connectivity index (χ3n) is 5.15. The summed E-state index contributed by atoms with van der Waals surface area (Å²) in [5.41, 5.74) is 0.757. The maximum absolute atomic E-state index is 12.2. The van der Waals surface area contributed by atoms with Gasteiger partial charge in [-0.25, -0.2) is 4.79 Å². The van der Waals surface area contributed by atoms with Gasteiger partial charge in [-0.15, -0.1) is 17.7 Å². The first-order valence-corrected chi connectivity index (χ1v) is 10.6. The van der Waals surface area contributed by atoms with Crippen LogP contribution in [0.4, 0.5) is 0 Å². The van der Waals surface area contributed by atoms with Crippen LogP contribution in [0.5, 0.6) is 5.75 Å². The van der Waals surface area contributed by atoms with E-state index in [0.717, 1.165) is 17.0 Å². The van der Waals surface area contributed by atoms with Gasteiger partial charge in [-0.1, -0.05) is 72.1 Å². The van der Waals surface area contributed by atoms with Crippen molar-refractivity contribution in [1.82, 2.24) is 0 Å². The third kappa shape index (κ3) is 8.11. The maximum atomic E-state index is 12.2. The van der Waals surface area contributed by atoms with E-state index >= 15 is 0 Å². The van der Waals surface area contributed by atoms with E-state index < -0.39 is 16.8 Å². The summed E-state index contributed by atoms with van der Waals surface area (Å²) in [6.07, 6.45) is 0. The number of benzene rings is 1. The fourth-order valence-corrected chi connectivity index (χ4v) is 2.61. The zero-order chi connectivity index (χ0) is 24.3. The number of aryl methyl sites for hydroxylation is 1. The second-order valence-electron chi connectivity index (χ2n) is 9.98. The number of hydrogen-bond donors (Lipinski definition) is 0. The molecule has 0 bridgehead atoms. The van der Waals surface area contributed by atoms with Gasteiger partial charge in [0.1, 0.15) is 12.4 Å². The van der Waals surface area contributed by atoms with Crippen molar-refractivity contribution in [3.8, 4) is 5.75 Å². The molecular formula is C26H33O6Y-. The number of carbonyl (C=O) groups is 3. The molecule has 177 valence electrons. The smallest absolute Gasteiger partial charge is 0.373 e. The Morgan fingerprint density at radius 3 is 2.03 bits per heavy atom. The van der Waals surface area contributed by atoms with Crippen LogP contribution in [0.15, 0.2) is 34.7 Å². The van der Waals surface area contributed by atoms with Crippen molar-refractivity contribution in [2.45, 2.75) is 55.4 Å². The number of Topliss-reactive ketones (excluding diaryl/α,β-unsaturated/α-hetero) is 2. The van der Waals surface area contributed by atoms with Gasteiger partial charge in [-0.3, -0.25) is 9.59 Å². The fourth-order valence-electron chi connectivity index (χ4n) is 2.61.